The van der Waals surface area contributed by atoms with E-state index in [-0.39, 0.29) is 5.91 Å². The first-order chi connectivity index (χ1) is 13.1. The summed E-state index contributed by atoms with van der Waals surface area (Å²) in [6, 6.07) is 5.33. The van der Waals surface area contributed by atoms with Crippen LogP contribution in [0.15, 0.2) is 12.1 Å². The molecular formula is C21H30N4OS. The fourth-order valence-corrected chi connectivity index (χ4v) is 5.80. The van der Waals surface area contributed by atoms with Crippen LogP contribution in [0, 0.1) is 0 Å². The number of hydrogen-bond donors (Lipinski definition) is 1. The Bertz CT molecular complexity index is 825. The highest BCUT2D eigenvalue weighted by Crippen LogP contribution is 2.39. The van der Waals surface area contributed by atoms with Gasteiger partial charge in [-0.3, -0.25) is 9.69 Å². The molecule has 2 N–H and O–H groups in total. The number of carbonyl (C=O) groups excluding carboxylic acids is 1. The number of hydrogen-bond acceptors (Lipinski definition) is 5. The summed E-state index contributed by atoms with van der Waals surface area (Å²) in [6.07, 6.45) is 10.5. The van der Waals surface area contributed by atoms with Crippen LogP contribution in [0.4, 0.5) is 5.69 Å². The molecular weight excluding hydrogens is 356 g/mol. The minimum absolute atomic E-state index is 0.0430. The van der Waals surface area contributed by atoms with E-state index in [2.05, 4.69) is 17.0 Å². The summed E-state index contributed by atoms with van der Waals surface area (Å²) in [6.45, 7) is 1.19. The molecule has 0 unspecified atom stereocenters. The number of aromatic nitrogens is 1. The molecule has 0 spiro atoms. The van der Waals surface area contributed by atoms with Crippen molar-refractivity contribution in [2.24, 2.45) is 0 Å². The summed E-state index contributed by atoms with van der Waals surface area (Å²) in [4.78, 5) is 23.2. The van der Waals surface area contributed by atoms with Crippen molar-refractivity contribution in [3.05, 3.63) is 22.7 Å². The second-order valence-electron chi connectivity index (χ2n) is 8.17. The molecule has 0 bridgehead atoms. The maximum absolute atomic E-state index is 12.4. The highest BCUT2D eigenvalue weighted by molar-refractivity contribution is 7.21. The molecule has 1 saturated carbocycles. The Morgan fingerprint density at radius 3 is 2.63 bits per heavy atom. The van der Waals surface area contributed by atoms with Crippen molar-refractivity contribution in [1.29, 1.82) is 0 Å². The zero-order chi connectivity index (χ0) is 19.0. The van der Waals surface area contributed by atoms with Crippen LogP contribution in [0.5, 0.6) is 0 Å². The lowest BCUT2D eigenvalue weighted by Crippen LogP contribution is -2.42. The van der Waals surface area contributed by atoms with E-state index in [0.29, 0.717) is 22.6 Å². The number of thiophene rings is 1. The first-order valence-corrected chi connectivity index (χ1v) is 11.0. The molecule has 1 amide bonds. The molecule has 1 aliphatic carbocycles. The molecule has 1 aliphatic heterocycles. The van der Waals surface area contributed by atoms with E-state index < -0.39 is 0 Å². The van der Waals surface area contributed by atoms with Crippen LogP contribution in [-0.4, -0.2) is 47.4 Å². The molecule has 3 heterocycles. The molecule has 2 aliphatic rings. The third-order valence-electron chi connectivity index (χ3n) is 6.15. The van der Waals surface area contributed by atoms with E-state index in [1.165, 1.54) is 69.2 Å². The number of pyridine rings is 1. The van der Waals surface area contributed by atoms with Crippen LogP contribution in [-0.2, 0) is 0 Å². The molecule has 6 heteroatoms. The summed E-state index contributed by atoms with van der Waals surface area (Å²) in [7, 11) is 3.52. The van der Waals surface area contributed by atoms with Gasteiger partial charge < -0.3 is 10.6 Å². The van der Waals surface area contributed by atoms with Crippen molar-refractivity contribution >= 4 is 33.1 Å². The van der Waals surface area contributed by atoms with Gasteiger partial charge in [-0.05, 0) is 44.4 Å². The predicted molar refractivity (Wildman–Crippen MR) is 112 cm³/mol. The topological polar surface area (TPSA) is 62.5 Å². The molecule has 146 valence electrons. The SMILES string of the molecule is CN(C)C(=O)c1sc2nc([C@H]3CCCCN3C3CCCCC3)ccc2c1N. The molecule has 2 aromatic rings. The molecule has 0 aromatic carbocycles. The van der Waals surface area contributed by atoms with Crippen molar-refractivity contribution in [3.63, 3.8) is 0 Å². The monoisotopic (exact) mass is 386 g/mol. The molecule has 1 saturated heterocycles. The van der Waals surface area contributed by atoms with Crippen molar-refractivity contribution < 1.29 is 4.79 Å². The Morgan fingerprint density at radius 1 is 1.15 bits per heavy atom. The van der Waals surface area contributed by atoms with Gasteiger partial charge in [-0.2, -0.15) is 0 Å². The molecule has 4 rings (SSSR count). The zero-order valence-electron chi connectivity index (χ0n) is 16.4. The average Bonchev–Trinajstić information content (AvgIpc) is 3.04. The van der Waals surface area contributed by atoms with Crippen molar-refractivity contribution in [3.8, 4) is 0 Å². The van der Waals surface area contributed by atoms with Crippen molar-refractivity contribution in [2.75, 3.05) is 26.4 Å². The Morgan fingerprint density at radius 2 is 1.89 bits per heavy atom. The number of nitrogens with two attached hydrogens (primary N) is 1. The Kier molecular flexibility index (Phi) is 5.37. The number of anilines is 1. The quantitative estimate of drug-likeness (QED) is 0.847. The van der Waals surface area contributed by atoms with E-state index in [1.54, 1.807) is 19.0 Å². The van der Waals surface area contributed by atoms with Gasteiger partial charge in [0, 0.05) is 25.5 Å². The van der Waals surface area contributed by atoms with Gasteiger partial charge in [-0.25, -0.2) is 4.98 Å². The van der Waals surface area contributed by atoms with Crippen LogP contribution >= 0.6 is 11.3 Å². The Balaban J connectivity index is 1.66. The molecule has 5 nitrogen and oxygen atoms in total. The van der Waals surface area contributed by atoms with E-state index in [0.717, 1.165) is 15.9 Å². The molecule has 2 aromatic heterocycles. The molecule has 27 heavy (non-hydrogen) atoms. The van der Waals surface area contributed by atoms with Crippen molar-refractivity contribution in [1.82, 2.24) is 14.8 Å². The van der Waals surface area contributed by atoms with E-state index in [1.807, 2.05) is 0 Å². The number of fused-ring (bicyclic) bond motifs is 1. The lowest BCUT2D eigenvalue weighted by molar-refractivity contribution is 0.0702. The van der Waals surface area contributed by atoms with E-state index in [9.17, 15) is 4.79 Å². The number of carbonyl (C=O) groups is 1. The fourth-order valence-electron chi connectivity index (χ4n) is 4.68. The minimum atomic E-state index is -0.0430. The van der Waals surface area contributed by atoms with Crippen LogP contribution in [0.3, 0.4) is 0 Å². The number of amides is 1. The van der Waals surface area contributed by atoms with E-state index in [4.69, 9.17) is 10.7 Å². The lowest BCUT2D eigenvalue weighted by Gasteiger charge is -2.42. The lowest BCUT2D eigenvalue weighted by atomic mass is 9.89. The second-order valence-corrected chi connectivity index (χ2v) is 9.17. The first-order valence-electron chi connectivity index (χ1n) is 10.2. The van der Waals surface area contributed by atoms with Crippen molar-refractivity contribution in [2.45, 2.75) is 63.5 Å². The standard InChI is InChI=1S/C21H30N4OS/c1-24(2)21(26)19-18(22)15-11-12-16(23-20(15)27-19)17-10-6-7-13-25(17)14-8-4-3-5-9-14/h11-12,14,17H,3-10,13,22H2,1-2H3/t17-/m1/s1. The molecule has 1 atom stereocenters. The van der Waals surface area contributed by atoms with Gasteiger partial charge in [0.05, 0.1) is 17.4 Å². The average molecular weight is 387 g/mol. The molecule has 0 radical (unpaired) electrons. The first kappa shape index (κ1) is 18.7. The number of nitrogens with zero attached hydrogens (tertiary/aromatic N) is 3. The van der Waals surface area contributed by atoms with Gasteiger partial charge in [0.2, 0.25) is 0 Å². The highest BCUT2D eigenvalue weighted by atomic mass is 32.1. The maximum atomic E-state index is 12.4. The zero-order valence-corrected chi connectivity index (χ0v) is 17.2. The number of nitrogen functional groups attached to an aromatic ring is 1. The predicted octanol–water partition coefficient (Wildman–Crippen LogP) is 4.44. The smallest absolute Gasteiger partial charge is 0.265 e. The number of likely N-dealkylation sites (tertiary alicyclic amines) is 1. The summed E-state index contributed by atoms with van der Waals surface area (Å²) in [5.74, 6) is -0.0430. The van der Waals surface area contributed by atoms with Gasteiger partial charge in [0.15, 0.2) is 0 Å². The van der Waals surface area contributed by atoms with Crippen LogP contribution in [0.2, 0.25) is 0 Å². The largest absolute Gasteiger partial charge is 0.397 e. The Labute approximate surface area is 165 Å². The van der Waals surface area contributed by atoms with Gasteiger partial charge in [-0.1, -0.05) is 25.7 Å². The normalized spacial score (nSPS) is 22.2. The maximum Gasteiger partial charge on any atom is 0.265 e. The summed E-state index contributed by atoms with van der Waals surface area (Å²) >= 11 is 1.43. The third kappa shape index (κ3) is 3.57. The fraction of sp³-hybridized carbons (Fsp3) is 0.619. The van der Waals surface area contributed by atoms with Gasteiger partial charge in [-0.15, -0.1) is 11.3 Å². The van der Waals surface area contributed by atoms with Crippen LogP contribution < -0.4 is 5.73 Å². The van der Waals surface area contributed by atoms with Crippen LogP contribution in [0.1, 0.15) is 72.8 Å². The second kappa shape index (κ2) is 7.76. The summed E-state index contributed by atoms with van der Waals surface area (Å²) in [5, 5.41) is 0.911. The number of piperidine rings is 1. The Hall–Kier alpha value is -1.66. The van der Waals surface area contributed by atoms with Crippen LogP contribution in [0.25, 0.3) is 10.2 Å². The van der Waals surface area contributed by atoms with E-state index >= 15 is 0 Å². The van der Waals surface area contributed by atoms with Gasteiger partial charge >= 0.3 is 0 Å². The number of rotatable bonds is 3. The summed E-state index contributed by atoms with van der Waals surface area (Å²) in [5.41, 5.74) is 7.98. The van der Waals surface area contributed by atoms with Gasteiger partial charge in [0.1, 0.15) is 9.71 Å². The minimum Gasteiger partial charge on any atom is -0.397 e. The summed E-state index contributed by atoms with van der Waals surface area (Å²) < 4.78 is 0. The molecule has 2 fully saturated rings. The van der Waals surface area contributed by atoms with Gasteiger partial charge in [0.25, 0.3) is 5.91 Å². The third-order valence-corrected chi connectivity index (χ3v) is 7.25. The highest BCUT2D eigenvalue weighted by Gasteiger charge is 2.32.